The fourth-order valence-corrected chi connectivity index (χ4v) is 2.37. The van der Waals surface area contributed by atoms with Gasteiger partial charge in [-0.3, -0.25) is 9.59 Å². The zero-order valence-electron chi connectivity index (χ0n) is 12.3. The van der Waals surface area contributed by atoms with Crippen LogP contribution in [0.1, 0.15) is 46.5 Å². The highest BCUT2D eigenvalue weighted by Gasteiger charge is 2.22. The Morgan fingerprint density at radius 3 is 2.79 bits per heavy atom. The molecule has 1 aliphatic heterocycles. The minimum Gasteiger partial charge on any atom is -0.369 e. The van der Waals surface area contributed by atoms with Crippen molar-refractivity contribution in [2.45, 2.75) is 58.6 Å². The van der Waals surface area contributed by atoms with Gasteiger partial charge in [0.15, 0.2) is 0 Å². The van der Waals surface area contributed by atoms with Gasteiger partial charge in [-0.1, -0.05) is 0 Å². The largest absolute Gasteiger partial charge is 0.369 e. The lowest BCUT2D eigenvalue weighted by Gasteiger charge is -2.33. The smallest absolute Gasteiger partial charge is 0.248 e. The molecule has 1 rings (SSSR count). The monoisotopic (exact) mass is 270 g/mol. The number of amides is 2. The van der Waals surface area contributed by atoms with Crippen LogP contribution < -0.4 is 5.32 Å². The van der Waals surface area contributed by atoms with Crippen molar-refractivity contribution in [1.29, 1.82) is 0 Å². The maximum atomic E-state index is 12.0. The summed E-state index contributed by atoms with van der Waals surface area (Å²) in [6, 6.07) is 0.333. The molecule has 0 saturated carbocycles. The number of ether oxygens (including phenoxy) is 1. The Labute approximate surface area is 115 Å². The lowest BCUT2D eigenvalue weighted by Crippen LogP contribution is -2.43. The third-order valence-electron chi connectivity index (χ3n) is 3.55. The average Bonchev–Trinajstić information content (AvgIpc) is 2.39. The summed E-state index contributed by atoms with van der Waals surface area (Å²) >= 11 is 0. The molecular formula is C14H26N2O3. The number of rotatable bonds is 6. The highest BCUT2D eigenvalue weighted by atomic mass is 16.5. The summed E-state index contributed by atoms with van der Waals surface area (Å²) in [6.07, 6.45) is 3.29. The van der Waals surface area contributed by atoms with Gasteiger partial charge in [-0.25, -0.2) is 0 Å². The van der Waals surface area contributed by atoms with E-state index in [0.29, 0.717) is 25.6 Å². The van der Waals surface area contributed by atoms with Crippen LogP contribution >= 0.6 is 0 Å². The van der Waals surface area contributed by atoms with E-state index in [4.69, 9.17) is 4.74 Å². The maximum absolute atomic E-state index is 12.0. The number of carbonyl (C=O) groups is 2. The summed E-state index contributed by atoms with van der Waals surface area (Å²) in [4.78, 5) is 25.6. The fraction of sp³-hybridized carbons (Fsp3) is 0.857. The van der Waals surface area contributed by atoms with Crippen molar-refractivity contribution in [2.24, 2.45) is 0 Å². The molecule has 1 heterocycles. The van der Waals surface area contributed by atoms with Gasteiger partial charge in [0.2, 0.25) is 11.8 Å². The van der Waals surface area contributed by atoms with Crippen LogP contribution in [0.2, 0.25) is 0 Å². The molecule has 0 aromatic carbocycles. The first-order valence-corrected chi connectivity index (χ1v) is 7.25. The number of likely N-dealkylation sites (tertiary alicyclic amines) is 1. The molecule has 0 radical (unpaired) electrons. The van der Waals surface area contributed by atoms with Crippen molar-refractivity contribution >= 4 is 11.8 Å². The van der Waals surface area contributed by atoms with Gasteiger partial charge in [0.1, 0.15) is 6.10 Å². The summed E-state index contributed by atoms with van der Waals surface area (Å²) in [5.74, 6) is -0.0158. The average molecular weight is 270 g/mol. The molecule has 5 heteroatoms. The summed E-state index contributed by atoms with van der Waals surface area (Å²) in [7, 11) is 0. The van der Waals surface area contributed by atoms with Gasteiger partial charge in [0.25, 0.3) is 0 Å². The second-order valence-corrected chi connectivity index (χ2v) is 5.07. The third-order valence-corrected chi connectivity index (χ3v) is 3.55. The van der Waals surface area contributed by atoms with Gasteiger partial charge in [-0.05, 0) is 40.0 Å². The lowest BCUT2D eigenvalue weighted by molar-refractivity contribution is -0.135. The summed E-state index contributed by atoms with van der Waals surface area (Å²) < 4.78 is 5.19. The molecule has 0 spiro atoms. The number of piperidine rings is 1. The van der Waals surface area contributed by atoms with Gasteiger partial charge >= 0.3 is 0 Å². The number of hydrogen-bond acceptors (Lipinski definition) is 3. The second kappa shape index (κ2) is 8.15. The molecule has 0 aliphatic carbocycles. The van der Waals surface area contributed by atoms with Gasteiger partial charge in [0.05, 0.1) is 0 Å². The maximum Gasteiger partial charge on any atom is 0.248 e. The highest BCUT2D eigenvalue weighted by Crippen LogP contribution is 2.16. The van der Waals surface area contributed by atoms with E-state index >= 15 is 0 Å². The molecule has 2 amide bonds. The van der Waals surface area contributed by atoms with Crippen LogP contribution in [0.4, 0.5) is 0 Å². The Hall–Kier alpha value is -1.10. The van der Waals surface area contributed by atoms with Crippen molar-refractivity contribution in [1.82, 2.24) is 10.2 Å². The number of nitrogens with one attached hydrogen (secondary N) is 1. The molecule has 19 heavy (non-hydrogen) atoms. The summed E-state index contributed by atoms with van der Waals surface area (Å²) in [5, 5.41) is 2.74. The number of carbonyl (C=O) groups excluding carboxylic acids is 2. The third kappa shape index (κ3) is 5.19. The molecule has 1 fully saturated rings. The Morgan fingerprint density at radius 2 is 2.16 bits per heavy atom. The molecule has 0 aromatic rings. The number of nitrogens with zero attached hydrogens (tertiary/aromatic N) is 1. The molecule has 1 saturated heterocycles. The SMILES string of the molecule is CCO[C@H](C)C(=O)NCCC(=O)N1CCCC[C@H]1C. The molecule has 1 aliphatic rings. The van der Waals surface area contributed by atoms with Crippen LogP contribution in [0, 0.1) is 0 Å². The molecule has 110 valence electrons. The molecule has 0 bridgehead atoms. The van der Waals surface area contributed by atoms with Crippen molar-refractivity contribution in [3.8, 4) is 0 Å². The topological polar surface area (TPSA) is 58.6 Å². The van der Waals surface area contributed by atoms with Gasteiger partial charge in [0, 0.05) is 32.2 Å². The van der Waals surface area contributed by atoms with Crippen molar-refractivity contribution in [3.05, 3.63) is 0 Å². The van der Waals surface area contributed by atoms with E-state index in [9.17, 15) is 9.59 Å². The zero-order chi connectivity index (χ0) is 14.3. The van der Waals surface area contributed by atoms with Gasteiger partial charge in [-0.15, -0.1) is 0 Å². The van der Waals surface area contributed by atoms with Crippen LogP contribution in [0.3, 0.4) is 0 Å². The van der Waals surface area contributed by atoms with E-state index in [1.807, 2.05) is 11.8 Å². The fourth-order valence-electron chi connectivity index (χ4n) is 2.37. The molecule has 1 N–H and O–H groups in total. The van der Waals surface area contributed by atoms with E-state index in [1.54, 1.807) is 6.92 Å². The highest BCUT2D eigenvalue weighted by molar-refractivity contribution is 5.81. The molecular weight excluding hydrogens is 244 g/mol. The van der Waals surface area contributed by atoms with Crippen LogP contribution in [0.5, 0.6) is 0 Å². The van der Waals surface area contributed by atoms with Crippen LogP contribution in [-0.4, -0.2) is 48.6 Å². The Kier molecular flexibility index (Phi) is 6.84. The second-order valence-electron chi connectivity index (χ2n) is 5.07. The Balaban J connectivity index is 2.24. The Morgan fingerprint density at radius 1 is 1.42 bits per heavy atom. The minimum atomic E-state index is -0.450. The normalized spacial score (nSPS) is 21.0. The van der Waals surface area contributed by atoms with Gasteiger partial charge < -0.3 is 15.0 Å². The number of hydrogen-bond donors (Lipinski definition) is 1. The Bertz CT molecular complexity index is 307. The lowest BCUT2D eigenvalue weighted by atomic mass is 10.0. The first kappa shape index (κ1) is 16.0. The van der Waals surface area contributed by atoms with Crippen molar-refractivity contribution in [3.63, 3.8) is 0 Å². The predicted molar refractivity (Wildman–Crippen MR) is 73.7 cm³/mol. The van der Waals surface area contributed by atoms with Crippen molar-refractivity contribution < 1.29 is 14.3 Å². The van der Waals surface area contributed by atoms with E-state index < -0.39 is 6.10 Å². The quantitative estimate of drug-likeness (QED) is 0.792. The van der Waals surface area contributed by atoms with E-state index in [-0.39, 0.29) is 11.8 Å². The first-order valence-electron chi connectivity index (χ1n) is 7.25. The first-order chi connectivity index (χ1) is 9.06. The van der Waals surface area contributed by atoms with E-state index in [1.165, 1.54) is 6.42 Å². The molecule has 2 atom stereocenters. The molecule has 0 aromatic heterocycles. The van der Waals surface area contributed by atoms with Crippen molar-refractivity contribution in [2.75, 3.05) is 19.7 Å². The predicted octanol–water partition coefficient (Wildman–Crippen LogP) is 1.32. The molecule has 0 unspecified atom stereocenters. The van der Waals surface area contributed by atoms with Crippen LogP contribution in [-0.2, 0) is 14.3 Å². The van der Waals surface area contributed by atoms with Crippen LogP contribution in [0.15, 0.2) is 0 Å². The summed E-state index contributed by atoms with van der Waals surface area (Å²) in [5.41, 5.74) is 0. The van der Waals surface area contributed by atoms with Gasteiger partial charge in [-0.2, -0.15) is 0 Å². The van der Waals surface area contributed by atoms with Crippen LogP contribution in [0.25, 0.3) is 0 Å². The minimum absolute atomic E-state index is 0.136. The molecule has 5 nitrogen and oxygen atoms in total. The zero-order valence-corrected chi connectivity index (χ0v) is 12.3. The summed E-state index contributed by atoms with van der Waals surface area (Å²) in [6.45, 7) is 7.41. The van der Waals surface area contributed by atoms with E-state index in [0.717, 1.165) is 19.4 Å². The standard InChI is InChI=1S/C14H26N2O3/c1-4-19-12(3)14(18)15-9-8-13(17)16-10-6-5-7-11(16)2/h11-12H,4-10H2,1-3H3,(H,15,18)/t11-,12-/m1/s1. The van der Waals surface area contributed by atoms with E-state index in [2.05, 4.69) is 12.2 Å².